The molecule has 0 fully saturated rings. The van der Waals surface area contributed by atoms with E-state index in [-0.39, 0.29) is 6.04 Å². The molecule has 0 bridgehead atoms. The summed E-state index contributed by atoms with van der Waals surface area (Å²) >= 11 is 1.80. The first kappa shape index (κ1) is 15.1. The molecular weight excluding hydrogens is 270 g/mol. The number of methoxy groups -OCH3 is 1. The highest BCUT2D eigenvalue weighted by molar-refractivity contribution is 7.10. The van der Waals surface area contributed by atoms with Gasteiger partial charge in [0.2, 0.25) is 5.95 Å². The molecule has 0 aliphatic carbocycles. The third kappa shape index (κ3) is 3.41. The van der Waals surface area contributed by atoms with Crippen LogP contribution in [0, 0.1) is 6.92 Å². The van der Waals surface area contributed by atoms with Crippen LogP contribution in [0.1, 0.15) is 36.0 Å². The number of ether oxygens (including phenoxy) is 1. The van der Waals surface area contributed by atoms with Gasteiger partial charge in [-0.2, -0.15) is 0 Å². The maximum Gasteiger partial charge on any atom is 0.203 e. The van der Waals surface area contributed by atoms with Crippen molar-refractivity contribution in [1.29, 1.82) is 0 Å². The van der Waals surface area contributed by atoms with E-state index < -0.39 is 0 Å². The molecule has 1 atom stereocenters. The molecule has 0 radical (unpaired) electrons. The van der Waals surface area contributed by atoms with E-state index in [1.54, 1.807) is 18.4 Å². The second-order valence-corrected chi connectivity index (χ2v) is 5.99. The van der Waals surface area contributed by atoms with Crippen LogP contribution in [-0.4, -0.2) is 23.3 Å². The summed E-state index contributed by atoms with van der Waals surface area (Å²) in [4.78, 5) is 5.96. The third-order valence-electron chi connectivity index (χ3n) is 3.36. The normalized spacial score (nSPS) is 12.6. The van der Waals surface area contributed by atoms with Gasteiger partial charge in [0.15, 0.2) is 0 Å². The van der Waals surface area contributed by atoms with E-state index in [0.717, 1.165) is 24.6 Å². The number of thiophene rings is 1. The Labute approximate surface area is 124 Å². The quantitative estimate of drug-likeness (QED) is 0.847. The van der Waals surface area contributed by atoms with Crippen LogP contribution >= 0.6 is 11.3 Å². The predicted molar refractivity (Wildman–Crippen MR) is 84.6 cm³/mol. The lowest BCUT2D eigenvalue weighted by Crippen LogP contribution is -2.14. The maximum absolute atomic E-state index is 5.23. The average Bonchev–Trinajstić information content (AvgIpc) is 3.02. The molecule has 2 rings (SSSR count). The first-order chi connectivity index (χ1) is 9.65. The monoisotopic (exact) mass is 293 g/mol. The van der Waals surface area contributed by atoms with Crippen LogP contribution in [0.4, 0.5) is 5.95 Å². The summed E-state index contributed by atoms with van der Waals surface area (Å²) in [6.45, 7) is 7.86. The van der Waals surface area contributed by atoms with Crippen molar-refractivity contribution in [3.05, 3.63) is 33.8 Å². The van der Waals surface area contributed by atoms with E-state index >= 15 is 0 Å². The molecule has 1 N–H and O–H groups in total. The Kier molecular flexibility index (Phi) is 5.20. The molecule has 2 heterocycles. The summed E-state index contributed by atoms with van der Waals surface area (Å²) in [6.07, 6.45) is 3.15. The van der Waals surface area contributed by atoms with Gasteiger partial charge in [-0.05, 0) is 37.3 Å². The molecule has 0 saturated heterocycles. The molecule has 0 aliphatic heterocycles. The number of nitrogens with zero attached hydrogens (tertiary/aromatic N) is 2. The fourth-order valence-electron chi connectivity index (χ4n) is 2.30. The molecule has 2 aromatic heterocycles. The van der Waals surface area contributed by atoms with Crippen LogP contribution in [0.2, 0.25) is 0 Å². The summed E-state index contributed by atoms with van der Waals surface area (Å²) in [6, 6.07) is 2.48. The first-order valence-corrected chi connectivity index (χ1v) is 7.87. The number of anilines is 1. The molecular formula is C15H23N3OS. The second-order valence-electron chi connectivity index (χ2n) is 4.99. The van der Waals surface area contributed by atoms with Gasteiger partial charge in [-0.15, -0.1) is 11.3 Å². The molecule has 110 valence electrons. The molecule has 0 aliphatic rings. The number of hydrogen-bond acceptors (Lipinski definition) is 4. The van der Waals surface area contributed by atoms with Gasteiger partial charge in [-0.3, -0.25) is 0 Å². The number of imidazole rings is 1. The minimum absolute atomic E-state index is 0.276. The lowest BCUT2D eigenvalue weighted by Gasteiger charge is -2.16. The van der Waals surface area contributed by atoms with Crippen LogP contribution in [0.3, 0.4) is 0 Å². The highest BCUT2D eigenvalue weighted by Crippen LogP contribution is 2.21. The molecule has 0 aromatic carbocycles. The lowest BCUT2D eigenvalue weighted by atomic mass is 10.2. The van der Waals surface area contributed by atoms with Crippen molar-refractivity contribution in [3.8, 4) is 0 Å². The molecule has 5 heteroatoms. The number of aryl methyl sites for hydroxylation is 2. The summed E-state index contributed by atoms with van der Waals surface area (Å²) in [5.41, 5.74) is 2.44. The smallest absolute Gasteiger partial charge is 0.203 e. The largest absolute Gasteiger partial charge is 0.383 e. The molecule has 0 spiro atoms. The Bertz CT molecular complexity index is 547. The molecule has 4 nitrogen and oxygen atoms in total. The summed E-state index contributed by atoms with van der Waals surface area (Å²) in [5, 5.41) is 5.61. The van der Waals surface area contributed by atoms with Gasteiger partial charge in [-0.1, -0.05) is 6.92 Å². The number of hydrogen-bond donors (Lipinski definition) is 1. The summed E-state index contributed by atoms with van der Waals surface area (Å²) < 4.78 is 7.39. The summed E-state index contributed by atoms with van der Waals surface area (Å²) in [7, 11) is 1.73. The van der Waals surface area contributed by atoms with Crippen LogP contribution in [0.15, 0.2) is 17.6 Å². The van der Waals surface area contributed by atoms with Gasteiger partial charge in [0.1, 0.15) is 0 Å². The lowest BCUT2D eigenvalue weighted by molar-refractivity contribution is 0.163. The van der Waals surface area contributed by atoms with E-state index in [0.29, 0.717) is 6.61 Å². The minimum atomic E-state index is 0.276. The Morgan fingerprint density at radius 2 is 2.30 bits per heavy atom. The molecule has 2 aromatic rings. The topological polar surface area (TPSA) is 39.1 Å². The van der Waals surface area contributed by atoms with Crippen LogP contribution in [0.5, 0.6) is 0 Å². The van der Waals surface area contributed by atoms with Crippen LogP contribution in [-0.2, 0) is 17.7 Å². The SMILES string of the molecule is CCc1ccsc1CNc1nc(C)cn1C(C)COC. The van der Waals surface area contributed by atoms with Crippen molar-refractivity contribution in [3.63, 3.8) is 0 Å². The van der Waals surface area contributed by atoms with Crippen molar-refractivity contribution in [2.45, 2.75) is 39.8 Å². The Hall–Kier alpha value is -1.33. The van der Waals surface area contributed by atoms with Gasteiger partial charge in [0.05, 0.1) is 24.9 Å². The molecule has 1 unspecified atom stereocenters. The molecule has 0 saturated carbocycles. The van der Waals surface area contributed by atoms with Crippen molar-refractivity contribution in [2.75, 3.05) is 19.0 Å². The second kappa shape index (κ2) is 6.90. The highest BCUT2D eigenvalue weighted by Gasteiger charge is 2.12. The first-order valence-electron chi connectivity index (χ1n) is 6.99. The van der Waals surface area contributed by atoms with Crippen LogP contribution in [0.25, 0.3) is 0 Å². The number of aromatic nitrogens is 2. The Morgan fingerprint density at radius 1 is 1.50 bits per heavy atom. The Morgan fingerprint density at radius 3 is 3.00 bits per heavy atom. The number of nitrogens with one attached hydrogen (secondary N) is 1. The van der Waals surface area contributed by atoms with Crippen LogP contribution < -0.4 is 5.32 Å². The van der Waals surface area contributed by atoms with Gasteiger partial charge in [-0.25, -0.2) is 4.98 Å². The minimum Gasteiger partial charge on any atom is -0.383 e. The van der Waals surface area contributed by atoms with Crippen molar-refractivity contribution in [1.82, 2.24) is 9.55 Å². The zero-order valence-electron chi connectivity index (χ0n) is 12.6. The molecule has 0 amide bonds. The zero-order chi connectivity index (χ0) is 14.5. The maximum atomic E-state index is 5.23. The van der Waals surface area contributed by atoms with Crippen molar-refractivity contribution in [2.24, 2.45) is 0 Å². The van der Waals surface area contributed by atoms with Crippen molar-refractivity contribution >= 4 is 17.3 Å². The molecule has 20 heavy (non-hydrogen) atoms. The standard InChI is InChI=1S/C15H23N3OS/c1-5-13-6-7-20-14(13)8-16-15-17-11(2)9-18(15)12(3)10-19-4/h6-7,9,12H,5,8,10H2,1-4H3,(H,16,17). The van der Waals surface area contributed by atoms with E-state index in [1.165, 1.54) is 10.4 Å². The number of rotatable bonds is 7. The van der Waals surface area contributed by atoms with Crippen molar-refractivity contribution < 1.29 is 4.74 Å². The predicted octanol–water partition coefficient (Wildman–Crippen LogP) is 3.63. The van der Waals surface area contributed by atoms with Gasteiger partial charge < -0.3 is 14.6 Å². The van der Waals surface area contributed by atoms with Gasteiger partial charge in [0.25, 0.3) is 0 Å². The third-order valence-corrected chi connectivity index (χ3v) is 4.32. The van der Waals surface area contributed by atoms with E-state index in [1.807, 2.05) is 6.92 Å². The van der Waals surface area contributed by atoms with Gasteiger partial charge >= 0.3 is 0 Å². The fourth-order valence-corrected chi connectivity index (χ4v) is 3.22. The Balaban J connectivity index is 2.09. The zero-order valence-corrected chi connectivity index (χ0v) is 13.5. The van der Waals surface area contributed by atoms with E-state index in [9.17, 15) is 0 Å². The van der Waals surface area contributed by atoms with Gasteiger partial charge in [0, 0.05) is 18.2 Å². The fraction of sp³-hybridized carbons (Fsp3) is 0.533. The average molecular weight is 293 g/mol. The highest BCUT2D eigenvalue weighted by atomic mass is 32.1. The van der Waals surface area contributed by atoms with E-state index in [4.69, 9.17) is 4.74 Å². The van der Waals surface area contributed by atoms with E-state index in [2.05, 4.69) is 46.4 Å². The summed E-state index contributed by atoms with van der Waals surface area (Å²) in [5.74, 6) is 0.919.